The summed E-state index contributed by atoms with van der Waals surface area (Å²) in [6.07, 6.45) is -0.959. The van der Waals surface area contributed by atoms with Crippen LogP contribution in [0.5, 0.6) is 0 Å². The maximum Gasteiger partial charge on any atom is 0.335 e. The van der Waals surface area contributed by atoms with Crippen LogP contribution in [0.25, 0.3) is 0 Å². The number of aliphatic hydroxyl groups excluding tert-OH is 1. The minimum atomic E-state index is -1.11. The van der Waals surface area contributed by atoms with Crippen molar-refractivity contribution >= 4 is 12.0 Å². The van der Waals surface area contributed by atoms with Crippen LogP contribution in [0.1, 0.15) is 22.3 Å². The van der Waals surface area contributed by atoms with E-state index in [0.29, 0.717) is 0 Å². The van der Waals surface area contributed by atoms with Gasteiger partial charge in [-0.2, -0.15) is 0 Å². The van der Waals surface area contributed by atoms with Gasteiger partial charge in [0.15, 0.2) is 0 Å². The van der Waals surface area contributed by atoms with Gasteiger partial charge >= 0.3 is 12.0 Å². The Morgan fingerprint density at radius 1 is 1.33 bits per heavy atom. The first-order chi connectivity index (χ1) is 10.0. The van der Waals surface area contributed by atoms with Gasteiger partial charge in [0.05, 0.1) is 24.8 Å². The molecule has 1 aromatic rings. The van der Waals surface area contributed by atoms with Crippen molar-refractivity contribution in [3.05, 3.63) is 35.4 Å². The minimum absolute atomic E-state index is 0.0188. The van der Waals surface area contributed by atoms with Gasteiger partial charge in [-0.1, -0.05) is 12.1 Å². The summed E-state index contributed by atoms with van der Waals surface area (Å²) in [5, 5.41) is 20.5. The van der Waals surface area contributed by atoms with Crippen LogP contribution in [0, 0.1) is 0 Å². The van der Waals surface area contributed by atoms with Gasteiger partial charge in [0, 0.05) is 13.0 Å². The van der Waals surface area contributed by atoms with E-state index in [9.17, 15) is 14.0 Å². The van der Waals surface area contributed by atoms with Gasteiger partial charge in [-0.25, -0.2) is 14.0 Å². The Kier molecular flexibility index (Phi) is 4.74. The zero-order valence-corrected chi connectivity index (χ0v) is 11.3. The van der Waals surface area contributed by atoms with Crippen LogP contribution in [0.3, 0.4) is 0 Å². The fraction of sp³-hybridized carbons (Fsp3) is 0.429. The number of hydrogen-bond acceptors (Lipinski definition) is 3. The summed E-state index contributed by atoms with van der Waals surface area (Å²) in [6.45, 7) is -0.0690. The highest BCUT2D eigenvalue weighted by molar-refractivity contribution is 5.87. The molecule has 1 aromatic carbocycles. The Balaban J connectivity index is 1.90. The first kappa shape index (κ1) is 15.2. The van der Waals surface area contributed by atoms with Crippen molar-refractivity contribution in [2.45, 2.75) is 25.2 Å². The fourth-order valence-electron chi connectivity index (χ4n) is 2.33. The van der Waals surface area contributed by atoms with E-state index in [0.717, 1.165) is 5.56 Å². The van der Waals surface area contributed by atoms with Crippen LogP contribution in [0.15, 0.2) is 24.3 Å². The molecule has 2 rings (SSSR count). The first-order valence-electron chi connectivity index (χ1n) is 6.63. The molecule has 1 aliphatic rings. The number of likely N-dealkylation sites (tertiary alicyclic amines) is 1. The lowest BCUT2D eigenvalue weighted by molar-refractivity contribution is 0.0697. The van der Waals surface area contributed by atoms with Crippen LogP contribution >= 0.6 is 0 Å². The molecule has 0 bridgehead atoms. The van der Waals surface area contributed by atoms with Gasteiger partial charge in [-0.05, 0) is 17.7 Å². The van der Waals surface area contributed by atoms with Gasteiger partial charge < -0.3 is 20.4 Å². The highest BCUT2D eigenvalue weighted by Gasteiger charge is 2.34. The summed E-state index contributed by atoms with van der Waals surface area (Å²) in [4.78, 5) is 24.0. The Morgan fingerprint density at radius 3 is 2.57 bits per heavy atom. The van der Waals surface area contributed by atoms with Crippen LogP contribution < -0.4 is 5.32 Å². The van der Waals surface area contributed by atoms with Gasteiger partial charge in [-0.3, -0.25) is 0 Å². The number of urea groups is 1. The number of benzene rings is 1. The minimum Gasteiger partial charge on any atom is -0.478 e. The number of carbonyl (C=O) groups is 2. The van der Waals surface area contributed by atoms with E-state index in [-0.39, 0.29) is 31.7 Å². The van der Waals surface area contributed by atoms with Gasteiger partial charge in [0.1, 0.15) is 6.17 Å². The number of aliphatic hydroxyl groups is 1. The van der Waals surface area contributed by atoms with E-state index in [2.05, 4.69) is 5.32 Å². The monoisotopic (exact) mass is 296 g/mol. The first-order valence-corrected chi connectivity index (χ1v) is 6.63. The molecule has 3 N–H and O–H groups in total. The number of hydrogen-bond donors (Lipinski definition) is 3. The van der Waals surface area contributed by atoms with Crippen LogP contribution in [-0.2, 0) is 6.54 Å². The third-order valence-corrected chi connectivity index (χ3v) is 3.48. The number of carboxylic acids is 1. The predicted molar refractivity (Wildman–Crippen MR) is 72.7 cm³/mol. The molecule has 6 nitrogen and oxygen atoms in total. The number of aromatic carboxylic acids is 1. The van der Waals surface area contributed by atoms with Crippen molar-refractivity contribution in [3.63, 3.8) is 0 Å². The number of halogens is 1. The third-order valence-electron chi connectivity index (χ3n) is 3.48. The predicted octanol–water partition coefficient (Wildman–Crippen LogP) is 0.999. The maximum absolute atomic E-state index is 13.3. The second kappa shape index (κ2) is 6.53. The van der Waals surface area contributed by atoms with E-state index in [1.807, 2.05) is 0 Å². The number of carboxylic acid groups (broad SMARTS) is 1. The van der Waals surface area contributed by atoms with Crippen molar-refractivity contribution in [2.24, 2.45) is 0 Å². The molecule has 1 saturated heterocycles. The van der Waals surface area contributed by atoms with E-state index < -0.39 is 24.2 Å². The Bertz CT molecular complexity index is 520. The molecule has 114 valence electrons. The van der Waals surface area contributed by atoms with Crippen molar-refractivity contribution in [3.8, 4) is 0 Å². The molecule has 0 spiro atoms. The average molecular weight is 296 g/mol. The second-order valence-corrected chi connectivity index (χ2v) is 4.98. The average Bonchev–Trinajstić information content (AvgIpc) is 2.86. The molecule has 0 unspecified atom stereocenters. The second-order valence-electron chi connectivity index (χ2n) is 4.98. The number of nitrogens with one attached hydrogen (secondary N) is 1. The number of alkyl halides is 1. The molecular formula is C14H17FN2O4. The lowest BCUT2D eigenvalue weighted by Gasteiger charge is -2.22. The van der Waals surface area contributed by atoms with Crippen LogP contribution in [0.4, 0.5) is 9.18 Å². The van der Waals surface area contributed by atoms with Gasteiger partial charge in [0.2, 0.25) is 0 Å². The molecule has 0 saturated carbocycles. The van der Waals surface area contributed by atoms with Crippen LogP contribution in [0.2, 0.25) is 0 Å². The highest BCUT2D eigenvalue weighted by atomic mass is 19.1. The molecule has 7 heteroatoms. The third kappa shape index (κ3) is 3.69. The fourth-order valence-corrected chi connectivity index (χ4v) is 2.33. The Labute approximate surface area is 121 Å². The maximum atomic E-state index is 13.3. The van der Waals surface area contributed by atoms with Crippen molar-refractivity contribution in [1.82, 2.24) is 10.2 Å². The highest BCUT2D eigenvalue weighted by Crippen LogP contribution is 2.20. The number of rotatable bonds is 4. The van der Waals surface area contributed by atoms with Crippen LogP contribution in [-0.4, -0.2) is 52.5 Å². The number of carbonyl (C=O) groups excluding carboxylic acids is 1. The molecule has 0 aliphatic carbocycles. The Morgan fingerprint density at radius 2 is 2.00 bits per heavy atom. The molecule has 1 aliphatic heterocycles. The summed E-state index contributed by atoms with van der Waals surface area (Å²) in [5.74, 6) is -1.01. The number of amides is 2. The van der Waals surface area contributed by atoms with E-state index in [1.165, 1.54) is 17.0 Å². The topological polar surface area (TPSA) is 89.9 Å². The van der Waals surface area contributed by atoms with E-state index in [1.54, 1.807) is 12.1 Å². The standard InChI is InChI=1S/C14H17FN2O4/c15-11-5-12(8-18)17(7-11)14(21)16-6-9-1-3-10(4-2-9)13(19)20/h1-4,11-12,18H,5-8H2,(H,16,21)(H,19,20)/t11-,12-/m0/s1. The van der Waals surface area contributed by atoms with Crippen molar-refractivity contribution in [2.75, 3.05) is 13.2 Å². The zero-order valence-electron chi connectivity index (χ0n) is 11.3. The van der Waals surface area contributed by atoms with Gasteiger partial charge in [0.25, 0.3) is 0 Å². The number of nitrogens with zero attached hydrogens (tertiary/aromatic N) is 1. The molecule has 1 heterocycles. The smallest absolute Gasteiger partial charge is 0.335 e. The summed E-state index contributed by atoms with van der Waals surface area (Å²) < 4.78 is 13.3. The molecule has 0 radical (unpaired) electrons. The normalized spacial score (nSPS) is 21.3. The summed E-state index contributed by atoms with van der Waals surface area (Å²) in [7, 11) is 0. The summed E-state index contributed by atoms with van der Waals surface area (Å²) in [5.41, 5.74) is 0.912. The molecule has 1 fully saturated rings. The lowest BCUT2D eigenvalue weighted by Crippen LogP contribution is -2.44. The van der Waals surface area contributed by atoms with Crippen molar-refractivity contribution in [1.29, 1.82) is 0 Å². The molecule has 21 heavy (non-hydrogen) atoms. The molecule has 2 atom stereocenters. The largest absolute Gasteiger partial charge is 0.478 e. The van der Waals surface area contributed by atoms with Crippen molar-refractivity contribution < 1.29 is 24.2 Å². The summed E-state index contributed by atoms with van der Waals surface area (Å²) >= 11 is 0. The summed E-state index contributed by atoms with van der Waals surface area (Å²) in [6, 6.07) is 5.19. The lowest BCUT2D eigenvalue weighted by atomic mass is 10.1. The molecule has 0 aromatic heterocycles. The SMILES string of the molecule is O=C(O)c1ccc(CNC(=O)N2C[C@@H](F)C[C@H]2CO)cc1. The van der Waals surface area contributed by atoms with E-state index >= 15 is 0 Å². The molecular weight excluding hydrogens is 279 g/mol. The quantitative estimate of drug-likeness (QED) is 0.773. The van der Waals surface area contributed by atoms with E-state index in [4.69, 9.17) is 10.2 Å². The zero-order chi connectivity index (χ0) is 15.4. The Hall–Kier alpha value is -2.15. The van der Waals surface area contributed by atoms with Gasteiger partial charge in [-0.15, -0.1) is 0 Å². The molecule has 2 amide bonds.